The monoisotopic (exact) mass is 295 g/mol. The van der Waals surface area contributed by atoms with Gasteiger partial charge in [0, 0.05) is 19.5 Å². The summed E-state index contributed by atoms with van der Waals surface area (Å²) in [5.41, 5.74) is 0. The van der Waals surface area contributed by atoms with Crippen molar-refractivity contribution in [2.75, 3.05) is 18.8 Å². The van der Waals surface area contributed by atoms with Gasteiger partial charge in [0.05, 0.1) is 5.75 Å². The molecule has 0 aliphatic rings. The van der Waals surface area contributed by atoms with Crippen LogP contribution in [-0.2, 0) is 14.8 Å². The molecule has 0 aromatic heterocycles. The van der Waals surface area contributed by atoms with Gasteiger partial charge in [0.1, 0.15) is 0 Å². The van der Waals surface area contributed by atoms with Crippen LogP contribution in [0.25, 0.3) is 0 Å². The van der Waals surface area contributed by atoms with Crippen molar-refractivity contribution in [2.45, 2.75) is 26.2 Å². The molecule has 0 saturated heterocycles. The Balaban J connectivity index is 3.77. The summed E-state index contributed by atoms with van der Waals surface area (Å²) in [4.78, 5) is 21.8. The summed E-state index contributed by atoms with van der Waals surface area (Å²) < 4.78 is 21.3. The molecule has 0 rings (SSSR count). The van der Waals surface area contributed by atoms with Gasteiger partial charge in [-0.1, -0.05) is 13.3 Å². The summed E-state index contributed by atoms with van der Waals surface area (Å²) in [5.74, 6) is -1.21. The van der Waals surface area contributed by atoms with Crippen molar-refractivity contribution in [3.63, 3.8) is 0 Å². The van der Waals surface area contributed by atoms with E-state index in [1.807, 2.05) is 6.92 Å². The molecule has 1 unspecified atom stereocenters. The second-order valence-corrected chi connectivity index (χ2v) is 5.96. The van der Waals surface area contributed by atoms with E-state index < -0.39 is 22.0 Å². The first-order valence-electron chi connectivity index (χ1n) is 5.98. The first-order chi connectivity index (χ1) is 8.74. The van der Waals surface area contributed by atoms with Gasteiger partial charge in [0.15, 0.2) is 0 Å². The summed E-state index contributed by atoms with van der Waals surface area (Å²) in [6.07, 6.45) is 0.888. The van der Waals surface area contributed by atoms with E-state index >= 15 is 0 Å². The molecule has 0 aromatic rings. The standard InChI is InChI=1S/C10H21N3O5S/c1-2-8(6-9(14)15)7-13-10(16)12-4-3-5-19(11,17)18/h8H,2-7H2,1H3,(H,14,15)(H2,11,17,18)(H2,12,13,16). The number of carbonyl (C=O) groups excluding carboxylic acids is 1. The van der Waals surface area contributed by atoms with E-state index in [9.17, 15) is 18.0 Å². The summed E-state index contributed by atoms with van der Waals surface area (Å²) in [5, 5.41) is 18.4. The van der Waals surface area contributed by atoms with Gasteiger partial charge in [0.25, 0.3) is 0 Å². The van der Waals surface area contributed by atoms with Gasteiger partial charge in [-0.2, -0.15) is 0 Å². The van der Waals surface area contributed by atoms with E-state index in [-0.39, 0.29) is 37.6 Å². The largest absolute Gasteiger partial charge is 0.481 e. The average molecular weight is 295 g/mol. The second-order valence-electron chi connectivity index (χ2n) is 4.23. The maximum absolute atomic E-state index is 11.3. The zero-order valence-electron chi connectivity index (χ0n) is 10.9. The predicted octanol–water partition coefficient (Wildman–Crippen LogP) is -0.535. The lowest BCUT2D eigenvalue weighted by Gasteiger charge is -2.13. The Kier molecular flexibility index (Phi) is 8.08. The molecule has 0 aliphatic carbocycles. The van der Waals surface area contributed by atoms with Crippen LogP contribution in [0, 0.1) is 5.92 Å². The van der Waals surface area contributed by atoms with Crippen LogP contribution in [0.2, 0.25) is 0 Å². The Morgan fingerprint density at radius 3 is 2.42 bits per heavy atom. The lowest BCUT2D eigenvalue weighted by atomic mass is 10.0. The van der Waals surface area contributed by atoms with E-state index in [1.54, 1.807) is 0 Å². The molecular formula is C10H21N3O5S. The Hall–Kier alpha value is -1.35. The predicted molar refractivity (Wildman–Crippen MR) is 70.0 cm³/mol. The summed E-state index contributed by atoms with van der Waals surface area (Å²) in [6.45, 7) is 2.31. The lowest BCUT2D eigenvalue weighted by molar-refractivity contribution is -0.138. The summed E-state index contributed by atoms with van der Waals surface area (Å²) in [6, 6.07) is -0.446. The fraction of sp³-hybridized carbons (Fsp3) is 0.800. The fourth-order valence-corrected chi connectivity index (χ4v) is 1.93. The Labute approximate surface area is 112 Å². The molecule has 0 spiro atoms. The van der Waals surface area contributed by atoms with Crippen LogP contribution >= 0.6 is 0 Å². The molecule has 8 nitrogen and oxygen atoms in total. The number of aliphatic carboxylic acids is 1. The number of urea groups is 1. The normalized spacial score (nSPS) is 12.7. The van der Waals surface area contributed by atoms with Gasteiger partial charge in [-0.25, -0.2) is 18.4 Å². The van der Waals surface area contributed by atoms with E-state index in [0.29, 0.717) is 6.42 Å². The molecule has 1 atom stereocenters. The zero-order valence-corrected chi connectivity index (χ0v) is 11.7. The smallest absolute Gasteiger partial charge is 0.314 e. The Morgan fingerprint density at radius 2 is 1.95 bits per heavy atom. The van der Waals surface area contributed by atoms with Crippen molar-refractivity contribution in [1.29, 1.82) is 0 Å². The van der Waals surface area contributed by atoms with Crippen LogP contribution in [0.15, 0.2) is 0 Å². The Morgan fingerprint density at radius 1 is 1.32 bits per heavy atom. The van der Waals surface area contributed by atoms with Crippen LogP contribution in [0.5, 0.6) is 0 Å². The van der Waals surface area contributed by atoms with E-state index in [2.05, 4.69) is 10.6 Å². The number of primary sulfonamides is 1. The van der Waals surface area contributed by atoms with Gasteiger partial charge >= 0.3 is 12.0 Å². The number of carboxylic acid groups (broad SMARTS) is 1. The number of amides is 2. The molecule has 0 fully saturated rings. The fourth-order valence-electron chi connectivity index (χ4n) is 1.38. The number of nitrogens with two attached hydrogens (primary N) is 1. The number of carbonyl (C=O) groups is 2. The third kappa shape index (κ3) is 11.5. The number of sulfonamides is 1. The highest BCUT2D eigenvalue weighted by atomic mass is 32.2. The van der Waals surface area contributed by atoms with Gasteiger partial charge in [0.2, 0.25) is 10.0 Å². The minimum Gasteiger partial charge on any atom is -0.481 e. The third-order valence-corrected chi connectivity index (χ3v) is 3.34. The molecular weight excluding hydrogens is 274 g/mol. The van der Waals surface area contributed by atoms with Crippen LogP contribution in [0.4, 0.5) is 4.79 Å². The van der Waals surface area contributed by atoms with Crippen molar-refractivity contribution in [3.8, 4) is 0 Å². The molecule has 19 heavy (non-hydrogen) atoms. The maximum atomic E-state index is 11.3. The highest BCUT2D eigenvalue weighted by molar-refractivity contribution is 7.89. The molecule has 0 saturated carbocycles. The van der Waals surface area contributed by atoms with Crippen LogP contribution in [0.1, 0.15) is 26.2 Å². The molecule has 112 valence electrons. The topological polar surface area (TPSA) is 139 Å². The molecule has 0 radical (unpaired) electrons. The summed E-state index contributed by atoms with van der Waals surface area (Å²) in [7, 11) is -3.50. The van der Waals surface area contributed by atoms with Crippen molar-refractivity contribution < 1.29 is 23.1 Å². The van der Waals surface area contributed by atoms with Gasteiger partial charge in [-0.15, -0.1) is 0 Å². The first kappa shape index (κ1) is 17.6. The second kappa shape index (κ2) is 8.70. The molecule has 5 N–H and O–H groups in total. The van der Waals surface area contributed by atoms with Crippen LogP contribution in [0.3, 0.4) is 0 Å². The van der Waals surface area contributed by atoms with Crippen molar-refractivity contribution >= 4 is 22.0 Å². The van der Waals surface area contributed by atoms with Crippen molar-refractivity contribution in [3.05, 3.63) is 0 Å². The number of carboxylic acids is 1. The third-order valence-electron chi connectivity index (χ3n) is 2.48. The van der Waals surface area contributed by atoms with Crippen molar-refractivity contribution in [2.24, 2.45) is 11.1 Å². The van der Waals surface area contributed by atoms with Crippen molar-refractivity contribution in [1.82, 2.24) is 10.6 Å². The maximum Gasteiger partial charge on any atom is 0.314 e. The number of hydrogen-bond donors (Lipinski definition) is 4. The Bertz CT molecular complexity index is 396. The average Bonchev–Trinajstić information content (AvgIpc) is 2.28. The van der Waals surface area contributed by atoms with E-state index in [0.717, 1.165) is 0 Å². The summed E-state index contributed by atoms with van der Waals surface area (Å²) >= 11 is 0. The van der Waals surface area contributed by atoms with E-state index in [1.165, 1.54) is 0 Å². The van der Waals surface area contributed by atoms with Crippen LogP contribution < -0.4 is 15.8 Å². The van der Waals surface area contributed by atoms with Gasteiger partial charge < -0.3 is 15.7 Å². The van der Waals surface area contributed by atoms with Gasteiger partial charge in [-0.05, 0) is 12.3 Å². The highest BCUT2D eigenvalue weighted by Gasteiger charge is 2.12. The van der Waals surface area contributed by atoms with Crippen LogP contribution in [-0.4, -0.2) is 44.4 Å². The lowest BCUT2D eigenvalue weighted by Crippen LogP contribution is -2.39. The molecule has 0 aromatic carbocycles. The first-order valence-corrected chi connectivity index (χ1v) is 7.70. The molecule has 0 heterocycles. The molecule has 0 bridgehead atoms. The molecule has 9 heteroatoms. The highest BCUT2D eigenvalue weighted by Crippen LogP contribution is 2.06. The number of rotatable bonds is 9. The minimum absolute atomic E-state index is 0.00218. The zero-order chi connectivity index (χ0) is 14.9. The number of hydrogen-bond acceptors (Lipinski definition) is 4. The SMILES string of the molecule is CCC(CNC(=O)NCCCS(N)(=O)=O)CC(=O)O. The molecule has 2 amide bonds. The van der Waals surface area contributed by atoms with Gasteiger partial charge in [-0.3, -0.25) is 4.79 Å². The quantitative estimate of drug-likeness (QED) is 0.423. The number of nitrogens with one attached hydrogen (secondary N) is 2. The minimum atomic E-state index is -3.50. The van der Waals surface area contributed by atoms with E-state index in [4.69, 9.17) is 10.2 Å². The molecule has 0 aliphatic heterocycles.